The molecule has 7 heteroatoms. The van der Waals surface area contributed by atoms with Crippen molar-refractivity contribution >= 4 is 23.5 Å². The van der Waals surface area contributed by atoms with Crippen LogP contribution < -0.4 is 14.2 Å². The number of amides is 1. The van der Waals surface area contributed by atoms with Gasteiger partial charge in [0, 0.05) is 5.56 Å². The number of aliphatic imine (C=N–C) groups is 1. The van der Waals surface area contributed by atoms with Gasteiger partial charge in [-0.3, -0.25) is 4.79 Å². The summed E-state index contributed by atoms with van der Waals surface area (Å²) in [6.45, 7) is 6.53. The number of ether oxygens (including phenoxy) is 3. The second kappa shape index (κ2) is 9.78. The molecular weight excluding hydrogens is 442 g/mol. The molecule has 0 bridgehead atoms. The molecule has 2 aromatic carbocycles. The van der Waals surface area contributed by atoms with Crippen molar-refractivity contribution in [3.05, 3.63) is 70.9 Å². The molecule has 4 rings (SSSR count). The van der Waals surface area contributed by atoms with E-state index < -0.39 is 0 Å². The van der Waals surface area contributed by atoms with Crippen LogP contribution >= 0.6 is 0 Å². The van der Waals surface area contributed by atoms with E-state index in [9.17, 15) is 4.79 Å². The fourth-order valence-corrected chi connectivity index (χ4v) is 4.60. The van der Waals surface area contributed by atoms with Gasteiger partial charge in [0.2, 0.25) is 5.75 Å². The predicted molar refractivity (Wildman–Crippen MR) is 138 cm³/mol. The van der Waals surface area contributed by atoms with Crippen LogP contribution in [0.1, 0.15) is 44.7 Å². The Balaban J connectivity index is 1.80. The molecule has 0 unspecified atom stereocenters. The Bertz CT molecular complexity index is 1230. The molecule has 35 heavy (non-hydrogen) atoms. The number of hydrazone groups is 1. The molecule has 0 saturated carbocycles. The van der Waals surface area contributed by atoms with Gasteiger partial charge in [-0.25, -0.2) is 4.99 Å². The summed E-state index contributed by atoms with van der Waals surface area (Å²) in [5.41, 5.74) is 3.98. The van der Waals surface area contributed by atoms with Crippen molar-refractivity contribution < 1.29 is 19.0 Å². The van der Waals surface area contributed by atoms with Crippen LogP contribution in [0.25, 0.3) is 6.08 Å². The van der Waals surface area contributed by atoms with E-state index in [4.69, 9.17) is 24.3 Å². The zero-order chi connectivity index (χ0) is 25.2. The highest BCUT2D eigenvalue weighted by atomic mass is 16.5. The van der Waals surface area contributed by atoms with E-state index in [2.05, 4.69) is 26.8 Å². The van der Waals surface area contributed by atoms with Gasteiger partial charge in [0.05, 0.1) is 27.0 Å². The molecule has 7 nitrogen and oxygen atoms in total. The Hall–Kier alpha value is -3.87. The van der Waals surface area contributed by atoms with Crippen LogP contribution in [-0.4, -0.2) is 43.8 Å². The third-order valence-electron chi connectivity index (χ3n) is 5.92. The van der Waals surface area contributed by atoms with Gasteiger partial charge in [-0.1, -0.05) is 49.8 Å². The normalized spacial score (nSPS) is 19.6. The minimum Gasteiger partial charge on any atom is -0.493 e. The molecular formula is C28H31N3O4. The Morgan fingerprint density at radius 1 is 1.00 bits per heavy atom. The maximum absolute atomic E-state index is 13.6. The van der Waals surface area contributed by atoms with E-state index in [1.165, 1.54) is 10.6 Å². The lowest BCUT2D eigenvalue weighted by atomic mass is 9.77. The van der Waals surface area contributed by atoms with Gasteiger partial charge >= 0.3 is 0 Å². The number of allylic oxidation sites excluding steroid dienone is 2. The topological polar surface area (TPSA) is 72.7 Å². The number of carbonyl (C=O) groups is 1. The number of hydrogen-bond donors (Lipinski definition) is 0. The summed E-state index contributed by atoms with van der Waals surface area (Å²) >= 11 is 0. The summed E-state index contributed by atoms with van der Waals surface area (Å²) in [6.07, 6.45) is 5.57. The monoisotopic (exact) mass is 473 g/mol. The van der Waals surface area contributed by atoms with Crippen molar-refractivity contribution in [3.63, 3.8) is 0 Å². The second-order valence-corrected chi connectivity index (χ2v) is 9.51. The summed E-state index contributed by atoms with van der Waals surface area (Å²) in [4.78, 5) is 18.3. The van der Waals surface area contributed by atoms with Gasteiger partial charge in [0.25, 0.3) is 5.91 Å². The van der Waals surface area contributed by atoms with Gasteiger partial charge in [-0.15, -0.1) is 0 Å². The number of benzene rings is 2. The van der Waals surface area contributed by atoms with Crippen LogP contribution in [0.5, 0.6) is 17.2 Å². The van der Waals surface area contributed by atoms with E-state index >= 15 is 0 Å². The van der Waals surface area contributed by atoms with E-state index in [1.54, 1.807) is 39.5 Å². The molecule has 182 valence electrons. The highest BCUT2D eigenvalue weighted by molar-refractivity contribution is 6.20. The molecule has 1 heterocycles. The van der Waals surface area contributed by atoms with E-state index in [0.717, 1.165) is 24.1 Å². The SMILES string of the molecule is COc1cc(/C=C2\N=C(c3ccccc3)N(/N=C3/C=C(C)CC(C)(C)C3)C2=O)cc(OC)c1OC. The lowest BCUT2D eigenvalue weighted by molar-refractivity contribution is -0.122. The molecule has 1 amide bonds. The molecule has 2 aliphatic rings. The molecule has 0 atom stereocenters. The zero-order valence-electron chi connectivity index (χ0n) is 21.1. The Morgan fingerprint density at radius 2 is 1.66 bits per heavy atom. The standard InChI is InChI=1S/C28H31N3O4/c1-18-12-21(17-28(2,3)16-18)30-31-26(20-10-8-7-9-11-20)29-22(27(31)32)13-19-14-23(33-4)25(35-6)24(15-19)34-5/h7-15H,16-17H2,1-6H3/b22-13-,30-21-. The van der Waals surface area contributed by atoms with Gasteiger partial charge in [0.1, 0.15) is 5.70 Å². The fourth-order valence-electron chi connectivity index (χ4n) is 4.60. The largest absolute Gasteiger partial charge is 0.493 e. The van der Waals surface area contributed by atoms with E-state index in [0.29, 0.717) is 28.6 Å². The van der Waals surface area contributed by atoms with Crippen molar-refractivity contribution in [2.45, 2.75) is 33.6 Å². The third kappa shape index (κ3) is 5.14. The van der Waals surface area contributed by atoms with Crippen LogP contribution in [0.2, 0.25) is 0 Å². The number of nitrogens with zero attached hydrogens (tertiary/aromatic N) is 3. The molecule has 2 aromatic rings. The fraction of sp³-hybridized carbons (Fsp3) is 0.321. The smallest absolute Gasteiger partial charge is 0.298 e. The van der Waals surface area contributed by atoms with E-state index in [-0.39, 0.29) is 17.0 Å². The first-order chi connectivity index (χ1) is 16.7. The number of carbonyl (C=O) groups excluding carboxylic acids is 1. The Labute approximate surface area is 206 Å². The van der Waals surface area contributed by atoms with Crippen LogP contribution in [-0.2, 0) is 4.79 Å². The molecule has 1 aliphatic heterocycles. The maximum atomic E-state index is 13.6. The van der Waals surface area contributed by atoms with Crippen molar-refractivity contribution in [1.82, 2.24) is 5.01 Å². The molecule has 0 saturated heterocycles. The van der Waals surface area contributed by atoms with Crippen molar-refractivity contribution in [1.29, 1.82) is 0 Å². The summed E-state index contributed by atoms with van der Waals surface area (Å²) in [5, 5.41) is 6.21. The highest BCUT2D eigenvalue weighted by Crippen LogP contribution is 2.39. The molecule has 0 N–H and O–H groups in total. The van der Waals surface area contributed by atoms with Crippen LogP contribution in [0.15, 0.2) is 69.9 Å². The van der Waals surface area contributed by atoms with Crippen LogP contribution in [0.4, 0.5) is 0 Å². The van der Waals surface area contributed by atoms with Gasteiger partial charge in [-0.2, -0.15) is 10.1 Å². The maximum Gasteiger partial charge on any atom is 0.298 e. The Kier molecular flexibility index (Phi) is 6.78. The highest BCUT2D eigenvalue weighted by Gasteiger charge is 2.33. The summed E-state index contributed by atoms with van der Waals surface area (Å²) in [5.74, 6) is 1.69. The van der Waals surface area contributed by atoms with Gasteiger partial charge in [-0.05, 0) is 55.0 Å². The number of rotatable bonds is 6. The quantitative estimate of drug-likeness (QED) is 0.522. The molecule has 1 aliphatic carbocycles. The Morgan fingerprint density at radius 3 is 2.23 bits per heavy atom. The summed E-state index contributed by atoms with van der Waals surface area (Å²) in [6, 6.07) is 13.2. The van der Waals surface area contributed by atoms with E-state index in [1.807, 2.05) is 30.3 Å². The molecule has 0 fully saturated rings. The van der Waals surface area contributed by atoms with Crippen molar-refractivity contribution in [2.24, 2.45) is 15.5 Å². The summed E-state index contributed by atoms with van der Waals surface area (Å²) < 4.78 is 16.3. The minimum atomic E-state index is -0.292. The number of amidine groups is 1. The predicted octanol–water partition coefficient (Wildman–Crippen LogP) is 5.46. The first-order valence-corrected chi connectivity index (χ1v) is 11.5. The second-order valence-electron chi connectivity index (χ2n) is 9.51. The third-order valence-corrected chi connectivity index (χ3v) is 5.92. The van der Waals surface area contributed by atoms with Crippen LogP contribution in [0, 0.1) is 5.41 Å². The first kappa shape index (κ1) is 24.3. The average molecular weight is 474 g/mol. The van der Waals surface area contributed by atoms with Crippen molar-refractivity contribution in [3.8, 4) is 17.2 Å². The molecule has 0 radical (unpaired) electrons. The molecule has 0 aromatic heterocycles. The summed E-state index contributed by atoms with van der Waals surface area (Å²) in [7, 11) is 4.66. The van der Waals surface area contributed by atoms with Gasteiger partial charge in [0.15, 0.2) is 17.3 Å². The van der Waals surface area contributed by atoms with Gasteiger partial charge < -0.3 is 14.2 Å². The lowest BCUT2D eigenvalue weighted by Crippen LogP contribution is -2.31. The minimum absolute atomic E-state index is 0.0827. The first-order valence-electron chi connectivity index (χ1n) is 11.5. The molecule has 0 spiro atoms. The van der Waals surface area contributed by atoms with Crippen LogP contribution in [0.3, 0.4) is 0 Å². The zero-order valence-corrected chi connectivity index (χ0v) is 21.1. The average Bonchev–Trinajstić information content (AvgIpc) is 3.12. The van der Waals surface area contributed by atoms with Crippen molar-refractivity contribution in [2.75, 3.05) is 21.3 Å². The number of hydrogen-bond acceptors (Lipinski definition) is 6. The lowest BCUT2D eigenvalue weighted by Gasteiger charge is -2.29. The number of methoxy groups -OCH3 is 3.